The molecule has 0 radical (unpaired) electrons. The van der Waals surface area contributed by atoms with E-state index in [-0.39, 0.29) is 19.6 Å². The van der Waals surface area contributed by atoms with E-state index >= 15 is 0 Å². The van der Waals surface area contributed by atoms with Gasteiger partial charge in [0.05, 0.1) is 0 Å². The van der Waals surface area contributed by atoms with Crippen molar-refractivity contribution in [2.45, 2.75) is 24.8 Å². The van der Waals surface area contributed by atoms with Gasteiger partial charge in [-0.15, -0.1) is 0 Å². The molecule has 7 heteroatoms. The number of hydrogen-bond donors (Lipinski definition) is 1. The average Bonchev–Trinajstić information content (AvgIpc) is 2.42. The lowest BCUT2D eigenvalue weighted by Crippen LogP contribution is -2.36. The van der Waals surface area contributed by atoms with E-state index in [1.165, 1.54) is 10.4 Å². The summed E-state index contributed by atoms with van der Waals surface area (Å²) in [6, 6.07) is 2.20. The van der Waals surface area contributed by atoms with Gasteiger partial charge in [-0.25, -0.2) is 17.2 Å². The maximum Gasteiger partial charge on any atom is 0.246 e. The minimum atomic E-state index is -4.04. The van der Waals surface area contributed by atoms with Crippen LogP contribution in [-0.2, 0) is 16.6 Å². The van der Waals surface area contributed by atoms with Crippen LogP contribution in [0.2, 0.25) is 0 Å². The van der Waals surface area contributed by atoms with Gasteiger partial charge in [-0.05, 0) is 38.1 Å². The van der Waals surface area contributed by atoms with Gasteiger partial charge in [0, 0.05) is 19.6 Å². The number of hydrogen-bond acceptors (Lipinski definition) is 3. The largest absolute Gasteiger partial charge is 0.316 e. The van der Waals surface area contributed by atoms with Crippen molar-refractivity contribution in [2.24, 2.45) is 0 Å². The number of halogens is 2. The van der Waals surface area contributed by atoms with Crippen molar-refractivity contribution in [3.8, 4) is 0 Å². The molecule has 1 heterocycles. The topological polar surface area (TPSA) is 49.4 Å². The quantitative estimate of drug-likeness (QED) is 0.865. The van der Waals surface area contributed by atoms with Gasteiger partial charge in [-0.3, -0.25) is 0 Å². The van der Waals surface area contributed by atoms with Crippen LogP contribution >= 0.6 is 0 Å². The monoisotopic (exact) mass is 316 g/mol. The van der Waals surface area contributed by atoms with Crippen LogP contribution in [0.3, 0.4) is 0 Å². The summed E-state index contributed by atoms with van der Waals surface area (Å²) in [7, 11) is -2.39. The fraction of sp³-hybridized carbons (Fsp3) is 0.429. The predicted octanol–water partition coefficient (Wildman–Crippen LogP) is 2.02. The van der Waals surface area contributed by atoms with Crippen molar-refractivity contribution < 1.29 is 17.2 Å². The van der Waals surface area contributed by atoms with Gasteiger partial charge < -0.3 is 5.32 Å². The molecule has 1 N–H and O–H groups in total. The molecule has 0 aliphatic carbocycles. The van der Waals surface area contributed by atoms with Crippen molar-refractivity contribution in [3.05, 3.63) is 41.0 Å². The fourth-order valence-electron chi connectivity index (χ4n) is 2.33. The van der Waals surface area contributed by atoms with Crippen LogP contribution < -0.4 is 5.32 Å². The van der Waals surface area contributed by atoms with E-state index < -0.39 is 26.6 Å². The zero-order chi connectivity index (χ0) is 15.6. The van der Waals surface area contributed by atoms with Crippen LogP contribution in [-0.4, -0.2) is 32.9 Å². The van der Waals surface area contributed by atoms with Gasteiger partial charge in [0.2, 0.25) is 10.0 Å². The lowest BCUT2D eigenvalue weighted by Gasteiger charge is -2.25. The molecular formula is C14H18F2N2O2S. The van der Waals surface area contributed by atoms with Crippen LogP contribution in [0.5, 0.6) is 0 Å². The van der Waals surface area contributed by atoms with Crippen molar-refractivity contribution in [2.75, 3.05) is 20.1 Å². The number of nitrogens with one attached hydrogen (secondary N) is 1. The van der Waals surface area contributed by atoms with Gasteiger partial charge in [0.1, 0.15) is 4.90 Å². The molecule has 1 aromatic rings. The molecule has 0 unspecified atom stereocenters. The van der Waals surface area contributed by atoms with E-state index in [4.69, 9.17) is 0 Å². The molecule has 1 aliphatic rings. The van der Waals surface area contributed by atoms with E-state index in [1.54, 1.807) is 7.05 Å². The third kappa shape index (κ3) is 3.30. The number of rotatable bonds is 4. The van der Waals surface area contributed by atoms with Crippen LogP contribution in [0.4, 0.5) is 8.78 Å². The third-order valence-electron chi connectivity index (χ3n) is 3.35. The molecule has 0 bridgehead atoms. The number of nitrogens with zero attached hydrogens (tertiary/aromatic N) is 1. The lowest BCUT2D eigenvalue weighted by molar-refractivity contribution is 0.418. The second-order valence-electron chi connectivity index (χ2n) is 5.10. The Morgan fingerprint density at radius 2 is 2.05 bits per heavy atom. The molecule has 1 aromatic carbocycles. The van der Waals surface area contributed by atoms with E-state index in [0.717, 1.165) is 11.6 Å². The summed E-state index contributed by atoms with van der Waals surface area (Å²) in [5.74, 6) is -2.47. The highest BCUT2D eigenvalue weighted by Gasteiger charge is 2.30. The van der Waals surface area contributed by atoms with Crippen molar-refractivity contribution in [3.63, 3.8) is 0 Å². The molecule has 4 nitrogen and oxygen atoms in total. The summed E-state index contributed by atoms with van der Waals surface area (Å²) >= 11 is 0. The molecule has 116 valence electrons. The fourth-order valence-corrected chi connectivity index (χ4v) is 3.95. The first-order chi connectivity index (χ1) is 9.86. The summed E-state index contributed by atoms with van der Waals surface area (Å²) in [5, 5.41) is 2.79. The Bertz CT molecular complexity index is 672. The Balaban J connectivity index is 2.46. The highest BCUT2D eigenvalue weighted by atomic mass is 32.2. The Hall–Kier alpha value is -1.31. The molecule has 21 heavy (non-hydrogen) atoms. The molecule has 0 fully saturated rings. The number of benzene rings is 1. The smallest absolute Gasteiger partial charge is 0.246 e. The lowest BCUT2D eigenvalue weighted by atomic mass is 10.2. The van der Waals surface area contributed by atoms with Gasteiger partial charge in [-0.1, -0.05) is 11.6 Å². The second-order valence-corrected chi connectivity index (χ2v) is 7.00. The summed E-state index contributed by atoms with van der Waals surface area (Å²) in [6.07, 6.45) is 2.52. The molecule has 0 aromatic heterocycles. The van der Waals surface area contributed by atoms with E-state index in [1.807, 2.05) is 13.0 Å². The summed E-state index contributed by atoms with van der Waals surface area (Å²) in [5.41, 5.74) is 1.29. The van der Waals surface area contributed by atoms with Gasteiger partial charge in [0.25, 0.3) is 0 Å². The first-order valence-electron chi connectivity index (χ1n) is 6.64. The summed E-state index contributed by atoms with van der Waals surface area (Å²) < 4.78 is 53.8. The maximum absolute atomic E-state index is 14.0. The number of sulfonamides is 1. The van der Waals surface area contributed by atoms with Crippen molar-refractivity contribution >= 4 is 10.0 Å². The summed E-state index contributed by atoms with van der Waals surface area (Å²) in [6.45, 7) is 2.56. The minimum Gasteiger partial charge on any atom is -0.316 e. The molecule has 0 amide bonds. The minimum absolute atomic E-state index is 0.208. The zero-order valence-corrected chi connectivity index (χ0v) is 12.8. The Labute approximate surface area is 123 Å². The standard InChI is InChI=1S/C14H18F2N2O2S/c1-10-4-3-5-18(9-10)21(19,20)13-7-11(8-17-2)6-12(15)14(13)16/h4,6-7,17H,3,5,8-9H2,1-2H3. The second kappa shape index (κ2) is 6.21. The maximum atomic E-state index is 14.0. The van der Waals surface area contributed by atoms with Crippen LogP contribution in [0.25, 0.3) is 0 Å². The van der Waals surface area contributed by atoms with Crippen molar-refractivity contribution in [1.29, 1.82) is 0 Å². The van der Waals surface area contributed by atoms with E-state index in [9.17, 15) is 17.2 Å². The molecule has 0 saturated carbocycles. The zero-order valence-electron chi connectivity index (χ0n) is 12.0. The SMILES string of the molecule is CNCc1cc(F)c(F)c(S(=O)(=O)N2CCC=C(C)C2)c1. The van der Waals surface area contributed by atoms with E-state index in [0.29, 0.717) is 12.0 Å². The Morgan fingerprint density at radius 3 is 2.67 bits per heavy atom. The molecule has 0 spiro atoms. The first-order valence-corrected chi connectivity index (χ1v) is 8.08. The Morgan fingerprint density at radius 1 is 1.33 bits per heavy atom. The van der Waals surface area contributed by atoms with Crippen LogP contribution in [0.1, 0.15) is 18.9 Å². The average molecular weight is 316 g/mol. The third-order valence-corrected chi connectivity index (χ3v) is 5.19. The van der Waals surface area contributed by atoms with Crippen molar-refractivity contribution in [1.82, 2.24) is 9.62 Å². The normalized spacial score (nSPS) is 16.9. The van der Waals surface area contributed by atoms with E-state index in [2.05, 4.69) is 5.32 Å². The van der Waals surface area contributed by atoms with Gasteiger partial charge in [-0.2, -0.15) is 4.31 Å². The molecule has 0 saturated heterocycles. The van der Waals surface area contributed by atoms with Crippen LogP contribution in [0.15, 0.2) is 28.7 Å². The van der Waals surface area contributed by atoms with Crippen LogP contribution in [0, 0.1) is 11.6 Å². The first kappa shape index (κ1) is 16.1. The predicted molar refractivity (Wildman–Crippen MR) is 76.3 cm³/mol. The van der Waals surface area contributed by atoms with Gasteiger partial charge in [0.15, 0.2) is 11.6 Å². The molecular weight excluding hydrogens is 298 g/mol. The highest BCUT2D eigenvalue weighted by Crippen LogP contribution is 2.25. The molecule has 1 aliphatic heterocycles. The summed E-state index contributed by atoms with van der Waals surface area (Å²) in [4.78, 5) is -0.595. The molecule has 0 atom stereocenters. The molecule has 2 rings (SSSR count). The van der Waals surface area contributed by atoms with Gasteiger partial charge >= 0.3 is 0 Å². The highest BCUT2D eigenvalue weighted by molar-refractivity contribution is 7.89. The Kier molecular flexibility index (Phi) is 4.75.